The molecule has 0 radical (unpaired) electrons. The lowest BCUT2D eigenvalue weighted by molar-refractivity contribution is -0.384. The number of carbonyl (C=O) groups is 1. The van der Waals surface area contributed by atoms with Gasteiger partial charge < -0.3 is 25.6 Å². The lowest BCUT2D eigenvalue weighted by Gasteiger charge is -2.31. The van der Waals surface area contributed by atoms with Gasteiger partial charge in [-0.1, -0.05) is 20.8 Å². The van der Waals surface area contributed by atoms with Crippen molar-refractivity contribution >= 4 is 44.6 Å². The van der Waals surface area contributed by atoms with Crippen molar-refractivity contribution in [1.29, 1.82) is 5.26 Å². The summed E-state index contributed by atoms with van der Waals surface area (Å²) in [6.07, 6.45) is 4.38. The highest BCUT2D eigenvalue weighted by molar-refractivity contribution is 9.10. The van der Waals surface area contributed by atoms with E-state index in [1.807, 2.05) is 19.1 Å². The Balaban J connectivity index is 2.68. The number of hydrogen-bond donors (Lipinski definition) is 3. The highest BCUT2D eigenvalue weighted by atomic mass is 79.9. The lowest BCUT2D eigenvalue weighted by Crippen LogP contribution is -2.27. The minimum atomic E-state index is -0.581. The number of aliphatic hydroxyl groups excluding tert-OH is 2. The van der Waals surface area contributed by atoms with Crippen LogP contribution in [0.1, 0.15) is 70.4 Å². The standard InChI is InChI=1S/C31H43BrN6O6/c1-21(13-29(34)41)18-31(2,3)19-22-15-27(37(9-5-7-11-39)10-6-8-12-40)28(44-4)17-26(22)35-36-30-23(20-33)14-24(38(42)43)16-25(30)32/h14-17,21,39-40H,5-13,18-19H2,1-4H3,(H2,34,41). The number of unbranched alkanes of at least 4 members (excludes halogenated alkanes) is 2. The molecule has 4 N–H and O–H groups in total. The second-order valence-electron chi connectivity index (χ2n) is 11.7. The fraction of sp³-hybridized carbons (Fsp3) is 0.548. The van der Waals surface area contributed by atoms with Gasteiger partial charge in [0.15, 0.2) is 0 Å². The van der Waals surface area contributed by atoms with Crippen LogP contribution in [0.15, 0.2) is 39.0 Å². The highest BCUT2D eigenvalue weighted by Crippen LogP contribution is 2.42. The summed E-state index contributed by atoms with van der Waals surface area (Å²) in [6, 6.07) is 8.19. The first-order valence-corrected chi connectivity index (χ1v) is 15.4. The molecule has 44 heavy (non-hydrogen) atoms. The molecule has 0 spiro atoms. The van der Waals surface area contributed by atoms with Crippen molar-refractivity contribution in [3.63, 3.8) is 0 Å². The van der Waals surface area contributed by atoms with Gasteiger partial charge in [0.1, 0.15) is 17.5 Å². The number of aliphatic hydroxyl groups is 2. The second kappa shape index (κ2) is 17.6. The third-order valence-corrected chi connectivity index (χ3v) is 7.75. The second-order valence-corrected chi connectivity index (χ2v) is 12.6. The Morgan fingerprint density at radius 2 is 1.80 bits per heavy atom. The minimum Gasteiger partial charge on any atom is -0.495 e. The fourth-order valence-electron chi connectivity index (χ4n) is 5.36. The van der Waals surface area contributed by atoms with Crippen LogP contribution in [0.5, 0.6) is 5.75 Å². The van der Waals surface area contributed by atoms with Crippen molar-refractivity contribution in [2.75, 3.05) is 38.3 Å². The summed E-state index contributed by atoms with van der Waals surface area (Å²) in [5.41, 5.74) is 7.30. The first-order valence-electron chi connectivity index (χ1n) is 14.6. The summed E-state index contributed by atoms with van der Waals surface area (Å²) in [7, 11) is 1.56. The van der Waals surface area contributed by atoms with Crippen molar-refractivity contribution in [2.24, 2.45) is 27.3 Å². The van der Waals surface area contributed by atoms with E-state index in [-0.39, 0.29) is 58.3 Å². The van der Waals surface area contributed by atoms with Gasteiger partial charge in [-0.25, -0.2) is 0 Å². The monoisotopic (exact) mass is 674 g/mol. The van der Waals surface area contributed by atoms with E-state index >= 15 is 0 Å². The molecule has 0 saturated carbocycles. The summed E-state index contributed by atoms with van der Waals surface area (Å²) in [5, 5.41) is 48.6. The number of nitriles is 1. The van der Waals surface area contributed by atoms with Gasteiger partial charge >= 0.3 is 0 Å². The largest absolute Gasteiger partial charge is 0.495 e. The van der Waals surface area contributed by atoms with Gasteiger partial charge in [-0.15, -0.1) is 5.11 Å². The van der Waals surface area contributed by atoms with Crippen LogP contribution in [0, 0.1) is 32.8 Å². The predicted molar refractivity (Wildman–Crippen MR) is 173 cm³/mol. The molecule has 13 heteroatoms. The number of nitrogens with zero attached hydrogens (tertiary/aromatic N) is 5. The van der Waals surface area contributed by atoms with Crippen LogP contribution in [0.25, 0.3) is 0 Å². The number of methoxy groups -OCH3 is 1. The van der Waals surface area contributed by atoms with Crippen LogP contribution < -0.4 is 15.4 Å². The number of nitro benzene ring substituents is 1. The van der Waals surface area contributed by atoms with Gasteiger partial charge in [0, 0.05) is 50.9 Å². The van der Waals surface area contributed by atoms with E-state index in [2.05, 4.69) is 44.9 Å². The summed E-state index contributed by atoms with van der Waals surface area (Å²) in [6.45, 7) is 7.73. The van der Waals surface area contributed by atoms with Crippen LogP contribution in [-0.4, -0.2) is 54.5 Å². The van der Waals surface area contributed by atoms with Crippen LogP contribution in [0.2, 0.25) is 0 Å². The number of hydrogen-bond acceptors (Lipinski definition) is 10. The Morgan fingerprint density at radius 3 is 2.32 bits per heavy atom. The number of non-ortho nitro benzene ring substituents is 1. The molecule has 0 fully saturated rings. The molecule has 2 aromatic carbocycles. The van der Waals surface area contributed by atoms with Gasteiger partial charge in [0.25, 0.3) is 5.69 Å². The van der Waals surface area contributed by atoms with Gasteiger partial charge in [-0.3, -0.25) is 14.9 Å². The molecular formula is C31H43BrN6O6. The average molecular weight is 676 g/mol. The van der Waals surface area contributed by atoms with Crippen molar-refractivity contribution < 1.29 is 24.7 Å². The first kappa shape index (κ1) is 36.6. The van der Waals surface area contributed by atoms with Crippen LogP contribution in [-0.2, 0) is 11.2 Å². The molecule has 2 aromatic rings. The van der Waals surface area contributed by atoms with Gasteiger partial charge in [0.2, 0.25) is 5.91 Å². The maximum absolute atomic E-state index is 11.6. The number of primary amides is 1. The van der Waals surface area contributed by atoms with E-state index in [1.54, 1.807) is 13.2 Å². The average Bonchev–Trinajstić information content (AvgIpc) is 2.94. The van der Waals surface area contributed by atoms with E-state index in [4.69, 9.17) is 10.5 Å². The van der Waals surface area contributed by atoms with Gasteiger partial charge in [0.05, 0.1) is 33.4 Å². The zero-order valence-electron chi connectivity index (χ0n) is 25.9. The summed E-state index contributed by atoms with van der Waals surface area (Å²) in [4.78, 5) is 24.5. The number of carbonyl (C=O) groups excluding carboxylic acids is 1. The van der Waals surface area contributed by atoms with Gasteiger partial charge in [-0.2, -0.15) is 10.4 Å². The van der Waals surface area contributed by atoms with E-state index < -0.39 is 4.92 Å². The summed E-state index contributed by atoms with van der Waals surface area (Å²) >= 11 is 3.30. The number of rotatable bonds is 19. The maximum Gasteiger partial charge on any atom is 0.272 e. The molecule has 0 bridgehead atoms. The quantitative estimate of drug-likeness (QED) is 0.0653. The molecule has 0 saturated heterocycles. The number of nitrogens with two attached hydrogens (primary N) is 1. The maximum atomic E-state index is 11.6. The molecule has 1 amide bonds. The molecule has 0 aromatic heterocycles. The topological polar surface area (TPSA) is 188 Å². The Morgan fingerprint density at radius 1 is 1.16 bits per heavy atom. The molecule has 2 rings (SSSR count). The molecule has 0 aliphatic heterocycles. The van der Waals surface area contributed by atoms with E-state index in [9.17, 15) is 30.4 Å². The number of halogens is 1. The Labute approximate surface area is 267 Å². The Kier molecular flexibility index (Phi) is 14.7. The van der Waals surface area contributed by atoms with E-state index in [1.165, 1.54) is 6.07 Å². The summed E-state index contributed by atoms with van der Waals surface area (Å²) < 4.78 is 6.07. The number of nitro groups is 1. The fourth-order valence-corrected chi connectivity index (χ4v) is 5.88. The lowest BCUT2D eigenvalue weighted by atomic mass is 9.77. The third-order valence-electron chi connectivity index (χ3n) is 7.15. The third kappa shape index (κ3) is 11.2. The number of anilines is 1. The van der Waals surface area contributed by atoms with Crippen molar-refractivity contribution in [3.05, 3.63) is 50.0 Å². The number of amides is 1. The SMILES string of the molecule is COc1cc(N=Nc2c(Br)cc([N+](=O)[O-])cc2C#N)c(CC(C)(C)CC(C)CC(N)=O)cc1N(CCCCO)CCCCO. The Hall–Kier alpha value is -3.60. The minimum absolute atomic E-state index is 0.000455. The van der Waals surface area contributed by atoms with Crippen molar-refractivity contribution in [3.8, 4) is 11.8 Å². The molecule has 240 valence electrons. The highest BCUT2D eigenvalue weighted by Gasteiger charge is 2.26. The summed E-state index contributed by atoms with van der Waals surface area (Å²) in [5.74, 6) is 0.268. The molecule has 12 nitrogen and oxygen atoms in total. The van der Waals surface area contributed by atoms with E-state index in [0.717, 1.165) is 36.6 Å². The molecule has 0 aliphatic rings. The van der Waals surface area contributed by atoms with Crippen molar-refractivity contribution in [2.45, 2.75) is 65.7 Å². The zero-order valence-corrected chi connectivity index (χ0v) is 27.5. The number of benzene rings is 2. The molecular weight excluding hydrogens is 632 g/mol. The first-order chi connectivity index (χ1) is 20.8. The predicted octanol–water partition coefficient (Wildman–Crippen LogP) is 6.47. The van der Waals surface area contributed by atoms with Crippen LogP contribution >= 0.6 is 15.9 Å². The molecule has 1 atom stereocenters. The number of ether oxygens (including phenoxy) is 1. The van der Waals surface area contributed by atoms with Crippen molar-refractivity contribution in [1.82, 2.24) is 0 Å². The molecule has 1 unspecified atom stereocenters. The molecule has 0 heterocycles. The smallest absolute Gasteiger partial charge is 0.272 e. The number of azo groups is 1. The van der Waals surface area contributed by atoms with Crippen LogP contribution in [0.4, 0.5) is 22.7 Å². The van der Waals surface area contributed by atoms with E-state index in [0.29, 0.717) is 43.8 Å². The zero-order chi connectivity index (χ0) is 32.9. The normalized spacial score (nSPS) is 12.2. The Bertz CT molecular complexity index is 1350. The van der Waals surface area contributed by atoms with Gasteiger partial charge in [-0.05, 0) is 77.4 Å². The van der Waals surface area contributed by atoms with Crippen LogP contribution in [0.3, 0.4) is 0 Å². The molecule has 0 aliphatic carbocycles.